The Kier molecular flexibility index (Phi) is 5.27. The van der Waals surface area contributed by atoms with Crippen LogP contribution in [0.2, 0.25) is 0 Å². The summed E-state index contributed by atoms with van der Waals surface area (Å²) in [5, 5.41) is 14.1. The molecule has 1 N–H and O–H groups in total. The van der Waals surface area contributed by atoms with Crippen molar-refractivity contribution in [2.45, 2.75) is 19.3 Å². The number of para-hydroxylation sites is 1. The van der Waals surface area contributed by atoms with Gasteiger partial charge in [0.25, 0.3) is 11.6 Å². The number of nitro benzene ring substituents is 1. The lowest BCUT2D eigenvalue weighted by Crippen LogP contribution is -2.39. The minimum absolute atomic E-state index is 0.111. The molecule has 1 amide bonds. The lowest BCUT2D eigenvalue weighted by atomic mass is 9.93. The molecule has 1 aromatic rings. The lowest BCUT2D eigenvalue weighted by molar-refractivity contribution is -0.385. The number of hydrogen-bond acceptors (Lipinski definition) is 4. The Morgan fingerprint density at radius 2 is 2.05 bits per heavy atom. The van der Waals surface area contributed by atoms with Crippen LogP contribution in [0.3, 0.4) is 0 Å². The summed E-state index contributed by atoms with van der Waals surface area (Å²) in [7, 11) is 1.94. The average molecular weight is 291 g/mol. The van der Waals surface area contributed by atoms with Gasteiger partial charge in [0.05, 0.1) is 4.92 Å². The Morgan fingerprint density at radius 3 is 2.67 bits per heavy atom. The quantitative estimate of drug-likeness (QED) is 0.665. The average Bonchev–Trinajstić information content (AvgIpc) is 2.52. The maximum absolute atomic E-state index is 12.5. The van der Waals surface area contributed by atoms with E-state index < -0.39 is 4.92 Å². The molecular weight excluding hydrogens is 270 g/mol. The molecule has 2 rings (SSSR count). The molecule has 1 saturated heterocycles. The molecule has 1 aliphatic rings. The van der Waals surface area contributed by atoms with Crippen LogP contribution in [0.4, 0.5) is 5.69 Å². The summed E-state index contributed by atoms with van der Waals surface area (Å²) in [6.07, 6.45) is 3.05. The Balaban J connectivity index is 2.01. The van der Waals surface area contributed by atoms with Gasteiger partial charge in [-0.05, 0) is 44.8 Å². The van der Waals surface area contributed by atoms with Crippen molar-refractivity contribution in [1.82, 2.24) is 10.2 Å². The van der Waals surface area contributed by atoms with E-state index in [1.165, 1.54) is 12.1 Å². The summed E-state index contributed by atoms with van der Waals surface area (Å²) in [6, 6.07) is 6.17. The van der Waals surface area contributed by atoms with E-state index in [2.05, 4.69) is 5.32 Å². The molecule has 0 aromatic heterocycles. The van der Waals surface area contributed by atoms with Gasteiger partial charge in [0.2, 0.25) is 0 Å². The van der Waals surface area contributed by atoms with Gasteiger partial charge in [-0.25, -0.2) is 0 Å². The summed E-state index contributed by atoms with van der Waals surface area (Å²) >= 11 is 0. The number of nitrogens with one attached hydrogen (secondary N) is 1. The monoisotopic (exact) mass is 291 g/mol. The first-order valence-corrected chi connectivity index (χ1v) is 7.30. The van der Waals surface area contributed by atoms with E-state index in [1.807, 2.05) is 7.05 Å². The number of rotatable bonds is 5. The second kappa shape index (κ2) is 7.17. The number of hydrogen-bond donors (Lipinski definition) is 1. The SMILES string of the molecule is CNCCC1CCN(C(=O)c2ccccc2[N+](=O)[O-])CC1. The van der Waals surface area contributed by atoms with Crippen LogP contribution in [0.25, 0.3) is 0 Å². The number of piperidine rings is 1. The minimum atomic E-state index is -0.493. The fourth-order valence-electron chi connectivity index (χ4n) is 2.76. The summed E-state index contributed by atoms with van der Waals surface area (Å²) in [5.41, 5.74) is 0.0796. The van der Waals surface area contributed by atoms with E-state index in [4.69, 9.17) is 0 Å². The first-order chi connectivity index (χ1) is 10.1. The highest BCUT2D eigenvalue weighted by molar-refractivity contribution is 5.98. The summed E-state index contributed by atoms with van der Waals surface area (Å²) < 4.78 is 0. The van der Waals surface area contributed by atoms with Gasteiger partial charge in [-0.2, -0.15) is 0 Å². The van der Waals surface area contributed by atoms with Gasteiger partial charge in [-0.15, -0.1) is 0 Å². The topological polar surface area (TPSA) is 75.5 Å². The van der Waals surface area contributed by atoms with E-state index in [1.54, 1.807) is 17.0 Å². The van der Waals surface area contributed by atoms with Gasteiger partial charge >= 0.3 is 0 Å². The van der Waals surface area contributed by atoms with Crippen molar-refractivity contribution in [2.24, 2.45) is 5.92 Å². The second-order valence-electron chi connectivity index (χ2n) is 5.40. The van der Waals surface area contributed by atoms with Crippen LogP contribution in [-0.4, -0.2) is 42.4 Å². The molecule has 1 aliphatic heterocycles. The Morgan fingerprint density at radius 1 is 1.38 bits per heavy atom. The number of carbonyl (C=O) groups is 1. The smallest absolute Gasteiger partial charge is 0.282 e. The molecule has 114 valence electrons. The molecule has 0 unspecified atom stereocenters. The molecule has 1 aromatic carbocycles. The van der Waals surface area contributed by atoms with Crippen LogP contribution >= 0.6 is 0 Å². The molecular formula is C15H21N3O3. The molecule has 0 atom stereocenters. The van der Waals surface area contributed by atoms with Gasteiger partial charge < -0.3 is 10.2 Å². The zero-order valence-electron chi connectivity index (χ0n) is 12.2. The normalized spacial score (nSPS) is 16.0. The molecule has 21 heavy (non-hydrogen) atoms. The number of nitro groups is 1. The van der Waals surface area contributed by atoms with Crippen molar-refractivity contribution in [3.63, 3.8) is 0 Å². The highest BCUT2D eigenvalue weighted by Crippen LogP contribution is 2.24. The van der Waals surface area contributed by atoms with E-state index in [0.29, 0.717) is 19.0 Å². The van der Waals surface area contributed by atoms with Crippen molar-refractivity contribution in [1.29, 1.82) is 0 Å². The van der Waals surface area contributed by atoms with Crippen LogP contribution in [-0.2, 0) is 0 Å². The summed E-state index contributed by atoms with van der Waals surface area (Å²) in [6.45, 7) is 2.35. The van der Waals surface area contributed by atoms with Crippen molar-refractivity contribution >= 4 is 11.6 Å². The molecule has 0 bridgehead atoms. The standard InChI is InChI=1S/C15H21N3O3/c1-16-9-6-12-7-10-17(11-8-12)15(19)13-4-2-3-5-14(13)18(20)21/h2-5,12,16H,6-11H2,1H3. The molecule has 0 aliphatic carbocycles. The lowest BCUT2D eigenvalue weighted by Gasteiger charge is -2.32. The van der Waals surface area contributed by atoms with E-state index in [0.717, 1.165) is 25.8 Å². The first-order valence-electron chi connectivity index (χ1n) is 7.30. The highest BCUT2D eigenvalue weighted by Gasteiger charge is 2.27. The van der Waals surface area contributed by atoms with E-state index >= 15 is 0 Å². The molecule has 1 fully saturated rings. The van der Waals surface area contributed by atoms with Gasteiger partial charge in [0.15, 0.2) is 0 Å². The molecule has 0 spiro atoms. The number of nitrogens with zero attached hydrogens (tertiary/aromatic N) is 2. The zero-order chi connectivity index (χ0) is 15.2. The van der Waals surface area contributed by atoms with Gasteiger partial charge in [-0.1, -0.05) is 12.1 Å². The fraction of sp³-hybridized carbons (Fsp3) is 0.533. The first kappa shape index (κ1) is 15.4. The fourth-order valence-corrected chi connectivity index (χ4v) is 2.76. The predicted molar refractivity (Wildman–Crippen MR) is 80.3 cm³/mol. The minimum Gasteiger partial charge on any atom is -0.338 e. The molecule has 0 saturated carbocycles. The van der Waals surface area contributed by atoms with Crippen LogP contribution in [0, 0.1) is 16.0 Å². The molecule has 1 heterocycles. The Hall–Kier alpha value is -1.95. The van der Waals surface area contributed by atoms with Crippen LogP contribution < -0.4 is 5.32 Å². The maximum Gasteiger partial charge on any atom is 0.282 e. The third-order valence-corrected chi connectivity index (χ3v) is 4.04. The summed E-state index contributed by atoms with van der Waals surface area (Å²) in [4.78, 5) is 24.7. The largest absolute Gasteiger partial charge is 0.338 e. The van der Waals surface area contributed by atoms with Crippen molar-refractivity contribution in [3.8, 4) is 0 Å². The molecule has 0 radical (unpaired) electrons. The number of benzene rings is 1. The zero-order valence-corrected chi connectivity index (χ0v) is 12.2. The second-order valence-corrected chi connectivity index (χ2v) is 5.40. The highest BCUT2D eigenvalue weighted by atomic mass is 16.6. The van der Waals surface area contributed by atoms with Crippen molar-refractivity contribution in [3.05, 3.63) is 39.9 Å². The third kappa shape index (κ3) is 3.78. The number of likely N-dealkylation sites (tertiary alicyclic amines) is 1. The Bertz CT molecular complexity index is 511. The molecule has 6 nitrogen and oxygen atoms in total. The van der Waals surface area contributed by atoms with Gasteiger partial charge in [0.1, 0.15) is 5.56 Å². The Labute approximate surface area is 124 Å². The van der Waals surface area contributed by atoms with Crippen molar-refractivity contribution in [2.75, 3.05) is 26.7 Å². The molecule has 6 heteroatoms. The van der Waals surface area contributed by atoms with Crippen LogP contribution in [0.15, 0.2) is 24.3 Å². The van der Waals surface area contributed by atoms with E-state index in [9.17, 15) is 14.9 Å². The van der Waals surface area contributed by atoms with Crippen LogP contribution in [0.5, 0.6) is 0 Å². The van der Waals surface area contributed by atoms with Crippen LogP contribution in [0.1, 0.15) is 29.6 Å². The predicted octanol–water partition coefficient (Wildman–Crippen LogP) is 2.06. The van der Waals surface area contributed by atoms with Gasteiger partial charge in [-0.3, -0.25) is 14.9 Å². The van der Waals surface area contributed by atoms with Crippen molar-refractivity contribution < 1.29 is 9.72 Å². The third-order valence-electron chi connectivity index (χ3n) is 4.04. The number of amides is 1. The maximum atomic E-state index is 12.5. The number of carbonyl (C=O) groups excluding carboxylic acids is 1. The van der Waals surface area contributed by atoms with Gasteiger partial charge in [0, 0.05) is 19.2 Å². The van der Waals surface area contributed by atoms with E-state index in [-0.39, 0.29) is 17.2 Å². The summed E-state index contributed by atoms with van der Waals surface area (Å²) in [5.74, 6) is 0.404.